The van der Waals surface area contributed by atoms with Gasteiger partial charge in [0.1, 0.15) is 11.9 Å². The van der Waals surface area contributed by atoms with Gasteiger partial charge in [0.05, 0.1) is 6.54 Å². The number of aromatic nitrogens is 7. The van der Waals surface area contributed by atoms with Crippen LogP contribution in [0.5, 0.6) is 0 Å². The first-order valence-electron chi connectivity index (χ1n) is 15.5. The van der Waals surface area contributed by atoms with E-state index < -0.39 is 17.9 Å². The number of nitrogens with one attached hydrogen (secondary N) is 3. The second kappa shape index (κ2) is 15.5. The van der Waals surface area contributed by atoms with E-state index in [1.54, 1.807) is 12.1 Å². The third kappa shape index (κ3) is 8.93. The number of hydrogen-bond donors (Lipinski definition) is 4. The summed E-state index contributed by atoms with van der Waals surface area (Å²) in [5, 5.41) is 33.7. The summed E-state index contributed by atoms with van der Waals surface area (Å²) >= 11 is 0. The number of benzene rings is 3. The summed E-state index contributed by atoms with van der Waals surface area (Å²) in [5.74, 6) is 0.237. The SMILES string of the molecule is CCCCc1nc(Cc2ccc(NC(=O)CCC(NC(C)=O)C(=O)O)cc2)nn1Cc1ccc(-c2ccccc2-c2nn[nH]n2)cc1. The van der Waals surface area contributed by atoms with Crippen LogP contribution in [-0.4, -0.2) is 64.3 Å². The Kier molecular flexibility index (Phi) is 10.8. The van der Waals surface area contributed by atoms with Gasteiger partial charge in [-0.1, -0.05) is 74.0 Å². The predicted molar refractivity (Wildman–Crippen MR) is 175 cm³/mol. The quantitative estimate of drug-likeness (QED) is 0.130. The number of carboxylic acids is 1. The molecule has 1 unspecified atom stereocenters. The van der Waals surface area contributed by atoms with Gasteiger partial charge in [-0.3, -0.25) is 9.59 Å². The number of aromatic amines is 1. The maximum atomic E-state index is 12.4. The van der Waals surface area contributed by atoms with Gasteiger partial charge in [-0.25, -0.2) is 14.5 Å². The normalized spacial score (nSPS) is 11.6. The fraction of sp³-hybridized carbons (Fsp3) is 0.294. The third-order valence-corrected chi connectivity index (χ3v) is 7.59. The Morgan fingerprint density at radius 3 is 2.34 bits per heavy atom. The Labute approximate surface area is 271 Å². The molecule has 13 heteroatoms. The lowest BCUT2D eigenvalue weighted by molar-refractivity contribution is -0.141. The van der Waals surface area contributed by atoms with Crippen LogP contribution in [0.2, 0.25) is 0 Å². The topological polar surface area (TPSA) is 181 Å². The van der Waals surface area contributed by atoms with E-state index >= 15 is 0 Å². The molecule has 0 spiro atoms. The van der Waals surface area contributed by atoms with Crippen molar-refractivity contribution in [2.24, 2.45) is 0 Å². The number of rotatable bonds is 15. The number of aliphatic carboxylic acids is 1. The van der Waals surface area contributed by atoms with E-state index in [0.717, 1.165) is 58.7 Å². The molecular weight excluding hydrogens is 598 g/mol. The Morgan fingerprint density at radius 1 is 0.957 bits per heavy atom. The molecule has 2 heterocycles. The Bertz CT molecular complexity index is 1800. The molecule has 0 radical (unpaired) electrons. The van der Waals surface area contributed by atoms with Crippen LogP contribution < -0.4 is 10.6 Å². The van der Waals surface area contributed by atoms with E-state index in [0.29, 0.717) is 24.5 Å². The van der Waals surface area contributed by atoms with E-state index in [1.807, 2.05) is 41.1 Å². The summed E-state index contributed by atoms with van der Waals surface area (Å²) in [6.07, 6.45) is 3.37. The summed E-state index contributed by atoms with van der Waals surface area (Å²) in [7, 11) is 0. The number of aryl methyl sites for hydroxylation is 1. The number of carbonyl (C=O) groups excluding carboxylic acids is 2. The zero-order valence-corrected chi connectivity index (χ0v) is 26.3. The van der Waals surface area contributed by atoms with Gasteiger partial charge in [-0.2, -0.15) is 10.3 Å². The van der Waals surface area contributed by atoms with Crippen LogP contribution >= 0.6 is 0 Å². The van der Waals surface area contributed by atoms with Gasteiger partial charge in [-0.05, 0) is 52.4 Å². The third-order valence-electron chi connectivity index (χ3n) is 7.59. The van der Waals surface area contributed by atoms with Crippen LogP contribution in [0.25, 0.3) is 22.5 Å². The second-order valence-corrected chi connectivity index (χ2v) is 11.2. The Balaban J connectivity index is 1.22. The van der Waals surface area contributed by atoms with Gasteiger partial charge in [-0.15, -0.1) is 10.2 Å². The van der Waals surface area contributed by atoms with Crippen LogP contribution in [0.15, 0.2) is 72.8 Å². The zero-order chi connectivity index (χ0) is 33.2. The smallest absolute Gasteiger partial charge is 0.326 e. The number of anilines is 1. The van der Waals surface area contributed by atoms with Crippen molar-refractivity contribution in [1.29, 1.82) is 0 Å². The van der Waals surface area contributed by atoms with Crippen LogP contribution in [0.4, 0.5) is 5.69 Å². The highest BCUT2D eigenvalue weighted by atomic mass is 16.4. The van der Waals surface area contributed by atoms with Gasteiger partial charge in [0, 0.05) is 37.4 Å². The first kappa shape index (κ1) is 32.7. The molecule has 3 aromatic carbocycles. The molecule has 13 nitrogen and oxygen atoms in total. The number of nitrogens with zero attached hydrogens (tertiary/aromatic N) is 6. The number of unbranched alkanes of at least 4 members (excludes halogenated alkanes) is 1. The molecule has 0 aliphatic heterocycles. The standard InChI is InChI=1S/C34H37N9O4/c1-3-4-9-31-37-30(20-23-12-16-26(17-13-23)36-32(45)19-18-29(34(46)47)35-22(2)44)40-43(31)21-24-10-14-25(15-11-24)27-7-5-6-8-28(27)33-38-41-42-39-33/h5-8,10-17,29H,3-4,9,18-21H2,1-2H3,(H,35,44)(H,36,45)(H,46,47)(H,38,39,41,42). The molecule has 0 aliphatic carbocycles. The summed E-state index contributed by atoms with van der Waals surface area (Å²) in [5.41, 5.74) is 5.66. The lowest BCUT2D eigenvalue weighted by Crippen LogP contribution is -2.40. The minimum atomic E-state index is -1.18. The Morgan fingerprint density at radius 2 is 1.68 bits per heavy atom. The largest absolute Gasteiger partial charge is 0.480 e. The van der Waals surface area contributed by atoms with Gasteiger partial charge < -0.3 is 15.7 Å². The summed E-state index contributed by atoms with van der Waals surface area (Å²) in [6, 6.07) is 22.6. The molecule has 2 amide bonds. The van der Waals surface area contributed by atoms with Crippen LogP contribution in [0.3, 0.4) is 0 Å². The van der Waals surface area contributed by atoms with Gasteiger partial charge in [0.2, 0.25) is 17.6 Å². The van der Waals surface area contributed by atoms with Crippen molar-refractivity contribution in [3.05, 3.63) is 95.6 Å². The number of carbonyl (C=O) groups is 3. The number of hydrogen-bond acceptors (Lipinski definition) is 8. The number of H-pyrrole nitrogens is 1. The summed E-state index contributed by atoms with van der Waals surface area (Å²) in [4.78, 5) is 39.8. The highest BCUT2D eigenvalue weighted by Gasteiger charge is 2.20. The number of amides is 2. The van der Waals surface area contributed by atoms with Gasteiger partial charge in [0.15, 0.2) is 5.82 Å². The second-order valence-electron chi connectivity index (χ2n) is 11.2. The predicted octanol–water partition coefficient (Wildman–Crippen LogP) is 4.41. The number of carboxylic acid groups (broad SMARTS) is 1. The van der Waals surface area contributed by atoms with Crippen molar-refractivity contribution in [2.75, 3.05) is 5.32 Å². The summed E-state index contributed by atoms with van der Waals surface area (Å²) in [6.45, 7) is 3.99. The van der Waals surface area contributed by atoms with E-state index in [-0.39, 0.29) is 18.7 Å². The van der Waals surface area contributed by atoms with E-state index in [1.165, 1.54) is 6.92 Å². The van der Waals surface area contributed by atoms with E-state index in [2.05, 4.69) is 62.4 Å². The lowest BCUT2D eigenvalue weighted by Gasteiger charge is -2.13. The first-order valence-corrected chi connectivity index (χ1v) is 15.5. The first-order chi connectivity index (χ1) is 22.8. The molecule has 0 aliphatic rings. The monoisotopic (exact) mass is 635 g/mol. The van der Waals surface area contributed by atoms with E-state index in [4.69, 9.17) is 10.1 Å². The minimum Gasteiger partial charge on any atom is -0.480 e. The minimum absolute atomic E-state index is 0.00681. The molecule has 0 fully saturated rings. The highest BCUT2D eigenvalue weighted by molar-refractivity contribution is 5.91. The number of tetrazole rings is 1. The van der Waals surface area contributed by atoms with Crippen LogP contribution in [0, 0.1) is 0 Å². The maximum absolute atomic E-state index is 12.4. The van der Waals surface area contributed by atoms with Crippen molar-refractivity contribution in [3.63, 3.8) is 0 Å². The average Bonchev–Trinajstić information content (AvgIpc) is 3.73. The molecule has 0 saturated carbocycles. The fourth-order valence-corrected chi connectivity index (χ4v) is 5.21. The molecule has 0 saturated heterocycles. The summed E-state index contributed by atoms with van der Waals surface area (Å²) < 4.78 is 1.98. The van der Waals surface area contributed by atoms with E-state index in [9.17, 15) is 19.5 Å². The molecule has 5 rings (SSSR count). The fourth-order valence-electron chi connectivity index (χ4n) is 5.21. The molecule has 2 aromatic heterocycles. The maximum Gasteiger partial charge on any atom is 0.326 e. The van der Waals surface area contributed by atoms with Gasteiger partial charge >= 0.3 is 5.97 Å². The molecule has 0 bridgehead atoms. The lowest BCUT2D eigenvalue weighted by atomic mass is 9.98. The molecule has 47 heavy (non-hydrogen) atoms. The average molecular weight is 636 g/mol. The van der Waals surface area contributed by atoms with Crippen molar-refractivity contribution in [2.45, 2.75) is 65.0 Å². The molecule has 5 aromatic rings. The Hall–Kier alpha value is -5.72. The zero-order valence-electron chi connectivity index (χ0n) is 26.3. The van der Waals surface area contributed by atoms with Gasteiger partial charge in [0.25, 0.3) is 0 Å². The van der Waals surface area contributed by atoms with Crippen LogP contribution in [-0.2, 0) is 33.8 Å². The van der Waals surface area contributed by atoms with Crippen molar-refractivity contribution >= 4 is 23.5 Å². The molecule has 242 valence electrons. The van der Waals surface area contributed by atoms with Crippen molar-refractivity contribution in [1.82, 2.24) is 40.7 Å². The van der Waals surface area contributed by atoms with Crippen molar-refractivity contribution < 1.29 is 19.5 Å². The molecule has 1 atom stereocenters. The van der Waals surface area contributed by atoms with Crippen LogP contribution in [0.1, 0.15) is 62.3 Å². The van der Waals surface area contributed by atoms with Crippen molar-refractivity contribution in [3.8, 4) is 22.5 Å². The highest BCUT2D eigenvalue weighted by Crippen LogP contribution is 2.30. The molecular formula is C34H37N9O4. The molecule has 4 N–H and O–H groups in total.